The number of rotatable bonds is 6. The maximum absolute atomic E-state index is 11.4. The van der Waals surface area contributed by atoms with Gasteiger partial charge in [-0.05, 0) is 55.6 Å². The minimum atomic E-state index is -3.67. The van der Waals surface area contributed by atoms with Gasteiger partial charge in [0.2, 0.25) is 10.0 Å². The third kappa shape index (κ3) is 4.43. The first kappa shape index (κ1) is 16.3. The second-order valence-electron chi connectivity index (χ2n) is 5.80. The molecule has 1 fully saturated rings. The average Bonchev–Trinajstić information content (AvgIpc) is 2.90. The Morgan fingerprint density at radius 3 is 2.52 bits per heavy atom. The SMILES string of the molecule is CC(C)c1cc(S(N)(=O)=O)ccc1OCCN1CCCC1. The molecular weight excluding hydrogens is 288 g/mol. The first-order valence-corrected chi connectivity index (χ1v) is 8.94. The fourth-order valence-electron chi connectivity index (χ4n) is 2.58. The van der Waals surface area contributed by atoms with Crippen molar-refractivity contribution in [2.45, 2.75) is 37.5 Å². The Kier molecular flexibility index (Phi) is 5.24. The van der Waals surface area contributed by atoms with Crippen LogP contribution < -0.4 is 9.88 Å². The van der Waals surface area contributed by atoms with E-state index in [0.717, 1.165) is 30.9 Å². The Hall–Kier alpha value is -1.11. The van der Waals surface area contributed by atoms with Gasteiger partial charge in [0.25, 0.3) is 0 Å². The molecule has 1 saturated heterocycles. The van der Waals surface area contributed by atoms with Crippen molar-refractivity contribution >= 4 is 10.0 Å². The van der Waals surface area contributed by atoms with Crippen LogP contribution in [0.3, 0.4) is 0 Å². The molecule has 1 aromatic rings. The number of likely N-dealkylation sites (tertiary alicyclic amines) is 1. The molecule has 0 bridgehead atoms. The quantitative estimate of drug-likeness (QED) is 0.871. The molecule has 1 aromatic carbocycles. The first-order valence-electron chi connectivity index (χ1n) is 7.40. The van der Waals surface area contributed by atoms with E-state index >= 15 is 0 Å². The van der Waals surface area contributed by atoms with E-state index in [1.807, 2.05) is 13.8 Å². The Morgan fingerprint density at radius 1 is 1.29 bits per heavy atom. The molecule has 2 rings (SSSR count). The highest BCUT2D eigenvalue weighted by atomic mass is 32.2. The van der Waals surface area contributed by atoms with Crippen molar-refractivity contribution < 1.29 is 13.2 Å². The number of primary sulfonamides is 1. The Bertz CT molecular complexity index is 579. The van der Waals surface area contributed by atoms with E-state index in [2.05, 4.69) is 4.90 Å². The van der Waals surface area contributed by atoms with Crippen LogP contribution in [0.1, 0.15) is 38.2 Å². The molecule has 0 spiro atoms. The van der Waals surface area contributed by atoms with Gasteiger partial charge in [-0.15, -0.1) is 0 Å². The normalized spacial score (nSPS) is 16.6. The molecule has 118 valence electrons. The van der Waals surface area contributed by atoms with Crippen molar-refractivity contribution in [3.8, 4) is 5.75 Å². The second kappa shape index (κ2) is 6.77. The van der Waals surface area contributed by atoms with Crippen LogP contribution in [0.15, 0.2) is 23.1 Å². The molecule has 0 unspecified atom stereocenters. The summed E-state index contributed by atoms with van der Waals surface area (Å²) in [7, 11) is -3.67. The number of hydrogen-bond acceptors (Lipinski definition) is 4. The molecule has 0 aromatic heterocycles. The van der Waals surface area contributed by atoms with Crippen LogP contribution in [0.25, 0.3) is 0 Å². The van der Waals surface area contributed by atoms with Crippen molar-refractivity contribution in [2.24, 2.45) is 5.14 Å². The number of hydrogen-bond donors (Lipinski definition) is 1. The highest BCUT2D eigenvalue weighted by molar-refractivity contribution is 7.89. The summed E-state index contributed by atoms with van der Waals surface area (Å²) in [6.45, 7) is 7.84. The van der Waals surface area contributed by atoms with Crippen molar-refractivity contribution in [2.75, 3.05) is 26.2 Å². The lowest BCUT2D eigenvalue weighted by Gasteiger charge is -2.18. The van der Waals surface area contributed by atoms with Gasteiger partial charge in [0.15, 0.2) is 0 Å². The summed E-state index contributed by atoms with van der Waals surface area (Å²) in [5, 5.41) is 5.18. The van der Waals surface area contributed by atoms with E-state index in [9.17, 15) is 8.42 Å². The molecule has 0 atom stereocenters. The van der Waals surface area contributed by atoms with Crippen molar-refractivity contribution in [1.82, 2.24) is 4.90 Å². The molecule has 0 saturated carbocycles. The second-order valence-corrected chi connectivity index (χ2v) is 7.36. The lowest BCUT2D eigenvalue weighted by Crippen LogP contribution is -2.25. The van der Waals surface area contributed by atoms with Gasteiger partial charge in [-0.2, -0.15) is 0 Å². The Labute approximate surface area is 127 Å². The Balaban J connectivity index is 2.07. The highest BCUT2D eigenvalue weighted by Crippen LogP contribution is 2.28. The topological polar surface area (TPSA) is 72.6 Å². The molecule has 0 amide bonds. The van der Waals surface area contributed by atoms with E-state index in [1.54, 1.807) is 12.1 Å². The molecule has 1 aliphatic heterocycles. The molecule has 2 N–H and O–H groups in total. The highest BCUT2D eigenvalue weighted by Gasteiger charge is 2.15. The molecule has 1 aliphatic rings. The van der Waals surface area contributed by atoms with Crippen LogP contribution in [0.4, 0.5) is 0 Å². The lowest BCUT2D eigenvalue weighted by molar-refractivity contribution is 0.236. The van der Waals surface area contributed by atoms with Crippen molar-refractivity contribution in [3.63, 3.8) is 0 Å². The van der Waals surface area contributed by atoms with E-state index < -0.39 is 10.0 Å². The van der Waals surface area contributed by atoms with Gasteiger partial charge in [-0.3, -0.25) is 4.90 Å². The first-order chi connectivity index (χ1) is 9.88. The summed E-state index contributed by atoms with van der Waals surface area (Å²) in [5.41, 5.74) is 0.878. The smallest absolute Gasteiger partial charge is 0.238 e. The minimum absolute atomic E-state index is 0.137. The van der Waals surface area contributed by atoms with Gasteiger partial charge in [0.1, 0.15) is 12.4 Å². The number of nitrogens with two attached hydrogens (primary N) is 1. The van der Waals surface area contributed by atoms with Gasteiger partial charge in [0, 0.05) is 6.54 Å². The molecular formula is C15H24N2O3S. The minimum Gasteiger partial charge on any atom is -0.492 e. The summed E-state index contributed by atoms with van der Waals surface area (Å²) in [6.07, 6.45) is 2.53. The third-order valence-electron chi connectivity index (χ3n) is 3.80. The zero-order chi connectivity index (χ0) is 15.5. The van der Waals surface area contributed by atoms with Gasteiger partial charge >= 0.3 is 0 Å². The van der Waals surface area contributed by atoms with Crippen LogP contribution >= 0.6 is 0 Å². The van der Waals surface area contributed by atoms with E-state index in [0.29, 0.717) is 6.61 Å². The predicted octanol–water partition coefficient (Wildman–Crippen LogP) is 1.93. The molecule has 1 heterocycles. The maximum Gasteiger partial charge on any atom is 0.238 e. The summed E-state index contributed by atoms with van der Waals surface area (Å²) in [5.74, 6) is 0.921. The molecule has 21 heavy (non-hydrogen) atoms. The zero-order valence-corrected chi connectivity index (χ0v) is 13.5. The molecule has 6 heteroatoms. The van der Waals surface area contributed by atoms with Crippen LogP contribution in [0, 0.1) is 0 Å². The summed E-state index contributed by atoms with van der Waals surface area (Å²) >= 11 is 0. The number of ether oxygens (including phenoxy) is 1. The summed E-state index contributed by atoms with van der Waals surface area (Å²) in [4.78, 5) is 2.52. The summed E-state index contributed by atoms with van der Waals surface area (Å²) in [6, 6.07) is 4.83. The largest absolute Gasteiger partial charge is 0.492 e. The van der Waals surface area contributed by atoms with E-state index in [-0.39, 0.29) is 10.8 Å². The fraction of sp³-hybridized carbons (Fsp3) is 0.600. The van der Waals surface area contributed by atoms with Crippen LogP contribution in [-0.4, -0.2) is 39.6 Å². The average molecular weight is 312 g/mol. The van der Waals surface area contributed by atoms with Crippen LogP contribution in [-0.2, 0) is 10.0 Å². The van der Waals surface area contributed by atoms with E-state index in [1.165, 1.54) is 18.9 Å². The van der Waals surface area contributed by atoms with Crippen molar-refractivity contribution in [3.05, 3.63) is 23.8 Å². The fourth-order valence-corrected chi connectivity index (χ4v) is 3.13. The van der Waals surface area contributed by atoms with Gasteiger partial charge < -0.3 is 4.74 Å². The van der Waals surface area contributed by atoms with Gasteiger partial charge in [-0.25, -0.2) is 13.6 Å². The predicted molar refractivity (Wildman–Crippen MR) is 83.1 cm³/mol. The lowest BCUT2D eigenvalue weighted by atomic mass is 10.0. The van der Waals surface area contributed by atoms with Crippen molar-refractivity contribution in [1.29, 1.82) is 0 Å². The van der Waals surface area contributed by atoms with Crippen LogP contribution in [0.5, 0.6) is 5.75 Å². The van der Waals surface area contributed by atoms with Crippen LogP contribution in [0.2, 0.25) is 0 Å². The van der Waals surface area contributed by atoms with Gasteiger partial charge in [0.05, 0.1) is 4.90 Å². The standard InChI is InChI=1S/C15H24N2O3S/c1-12(2)14-11-13(21(16,18)19)5-6-15(14)20-10-9-17-7-3-4-8-17/h5-6,11-12H,3-4,7-10H2,1-2H3,(H2,16,18,19). The third-order valence-corrected chi connectivity index (χ3v) is 4.71. The number of sulfonamides is 1. The molecule has 5 nitrogen and oxygen atoms in total. The monoisotopic (exact) mass is 312 g/mol. The maximum atomic E-state index is 11.4. The molecule has 0 aliphatic carbocycles. The number of benzene rings is 1. The number of nitrogens with zero attached hydrogens (tertiary/aromatic N) is 1. The molecule has 0 radical (unpaired) electrons. The van der Waals surface area contributed by atoms with E-state index in [4.69, 9.17) is 9.88 Å². The zero-order valence-electron chi connectivity index (χ0n) is 12.7. The van der Waals surface area contributed by atoms with Gasteiger partial charge in [-0.1, -0.05) is 13.8 Å². The summed E-state index contributed by atoms with van der Waals surface area (Å²) < 4.78 is 28.7. The Morgan fingerprint density at radius 2 is 1.95 bits per heavy atom.